The Hall–Kier alpha value is -3.67. The molecule has 3 rings (SSSR count). The molecule has 0 fully saturated rings. The van der Waals surface area contributed by atoms with E-state index in [0.717, 1.165) is 11.3 Å². The summed E-state index contributed by atoms with van der Waals surface area (Å²) in [5, 5.41) is 20.4. The lowest BCUT2D eigenvalue weighted by Gasteiger charge is -2.15. The van der Waals surface area contributed by atoms with Gasteiger partial charge in [-0.3, -0.25) is 19.4 Å². The highest BCUT2D eigenvalue weighted by atomic mass is 32.1. The zero-order valence-electron chi connectivity index (χ0n) is 17.2. The van der Waals surface area contributed by atoms with Crippen molar-refractivity contribution >= 4 is 46.2 Å². The number of aromatic nitrogens is 3. The first-order valence-electron chi connectivity index (χ1n) is 9.89. The minimum absolute atomic E-state index is 0.00335. The average molecular weight is 462 g/mol. The molecule has 170 valence electrons. The molecule has 3 aromatic rings. The number of nitrogens with one attached hydrogen (secondary N) is 2. The van der Waals surface area contributed by atoms with Gasteiger partial charge in [-0.05, 0) is 31.0 Å². The molecule has 1 unspecified atom stereocenters. The van der Waals surface area contributed by atoms with Crippen LogP contribution in [0.2, 0.25) is 0 Å². The Morgan fingerprint density at radius 1 is 1.28 bits per heavy atom. The SMILES string of the molecule is CCC(Cn1ccc2nc(N)[nH]c(=O)c21)c1ccc(C(=O)N[C@@H](CCC(=O)O)C(=O)O)s1. The summed E-state index contributed by atoms with van der Waals surface area (Å²) >= 11 is 1.23. The highest BCUT2D eigenvalue weighted by Gasteiger charge is 2.23. The van der Waals surface area contributed by atoms with Crippen LogP contribution in [0.15, 0.2) is 29.2 Å². The molecule has 0 aromatic carbocycles. The van der Waals surface area contributed by atoms with Crippen LogP contribution in [-0.4, -0.2) is 48.6 Å². The highest BCUT2D eigenvalue weighted by Crippen LogP contribution is 2.30. The van der Waals surface area contributed by atoms with Gasteiger partial charge >= 0.3 is 11.9 Å². The number of thiophene rings is 1. The van der Waals surface area contributed by atoms with E-state index in [1.54, 1.807) is 29.0 Å². The number of nitrogens with zero attached hydrogens (tertiary/aromatic N) is 2. The molecule has 32 heavy (non-hydrogen) atoms. The number of nitrogen functional groups attached to an aromatic ring is 1. The van der Waals surface area contributed by atoms with Gasteiger partial charge < -0.3 is 25.8 Å². The molecule has 12 heteroatoms. The van der Waals surface area contributed by atoms with Crippen molar-refractivity contribution < 1.29 is 24.6 Å². The monoisotopic (exact) mass is 461 g/mol. The van der Waals surface area contributed by atoms with E-state index in [-0.39, 0.29) is 30.3 Å². The van der Waals surface area contributed by atoms with Gasteiger partial charge in [0.05, 0.1) is 10.4 Å². The first kappa shape index (κ1) is 23.0. The van der Waals surface area contributed by atoms with Gasteiger partial charge in [0.15, 0.2) is 0 Å². The van der Waals surface area contributed by atoms with Gasteiger partial charge in [0.1, 0.15) is 11.6 Å². The number of hydrogen-bond acceptors (Lipinski definition) is 7. The summed E-state index contributed by atoms with van der Waals surface area (Å²) in [6.07, 6.45) is 1.92. The smallest absolute Gasteiger partial charge is 0.326 e. The lowest BCUT2D eigenvalue weighted by atomic mass is 10.0. The number of carbonyl (C=O) groups is 3. The third kappa shape index (κ3) is 5.14. The van der Waals surface area contributed by atoms with Gasteiger partial charge in [-0.15, -0.1) is 11.3 Å². The second-order valence-corrected chi connectivity index (χ2v) is 8.37. The maximum atomic E-state index is 12.5. The van der Waals surface area contributed by atoms with Crippen LogP contribution in [0.1, 0.15) is 46.7 Å². The number of carboxylic acid groups (broad SMARTS) is 2. The van der Waals surface area contributed by atoms with Crippen molar-refractivity contribution in [2.75, 3.05) is 5.73 Å². The first-order chi connectivity index (χ1) is 15.2. The Balaban J connectivity index is 1.76. The molecule has 0 bridgehead atoms. The lowest BCUT2D eigenvalue weighted by molar-refractivity contribution is -0.140. The number of rotatable bonds is 10. The fourth-order valence-electron chi connectivity index (χ4n) is 3.39. The molecule has 6 N–H and O–H groups in total. The van der Waals surface area contributed by atoms with Gasteiger partial charge in [0, 0.05) is 30.0 Å². The molecule has 0 saturated heterocycles. The Bertz CT molecular complexity index is 1210. The number of amides is 1. The van der Waals surface area contributed by atoms with Crippen molar-refractivity contribution in [3.8, 4) is 0 Å². The quantitative estimate of drug-likeness (QED) is 0.302. The second-order valence-electron chi connectivity index (χ2n) is 7.26. The van der Waals surface area contributed by atoms with Crippen LogP contribution in [0.5, 0.6) is 0 Å². The maximum absolute atomic E-state index is 12.5. The van der Waals surface area contributed by atoms with E-state index in [9.17, 15) is 24.3 Å². The number of nitrogens with two attached hydrogens (primary N) is 1. The predicted octanol–water partition coefficient (Wildman–Crippen LogP) is 1.61. The molecule has 0 spiro atoms. The van der Waals surface area contributed by atoms with E-state index in [1.807, 2.05) is 6.92 Å². The molecule has 2 atom stereocenters. The molecule has 0 aliphatic rings. The van der Waals surface area contributed by atoms with Crippen LogP contribution in [0.25, 0.3) is 11.0 Å². The molecule has 3 aromatic heterocycles. The number of aromatic amines is 1. The van der Waals surface area contributed by atoms with E-state index >= 15 is 0 Å². The molecular formula is C20H23N5O6S. The van der Waals surface area contributed by atoms with E-state index in [4.69, 9.17) is 10.8 Å². The normalized spacial score (nSPS) is 13.0. The molecule has 3 heterocycles. The largest absolute Gasteiger partial charge is 0.481 e. The highest BCUT2D eigenvalue weighted by molar-refractivity contribution is 7.14. The molecule has 0 radical (unpaired) electrons. The predicted molar refractivity (Wildman–Crippen MR) is 118 cm³/mol. The van der Waals surface area contributed by atoms with Gasteiger partial charge in [0.2, 0.25) is 5.95 Å². The van der Waals surface area contributed by atoms with Crippen LogP contribution < -0.4 is 16.6 Å². The topological polar surface area (TPSA) is 180 Å². The first-order valence-corrected chi connectivity index (χ1v) is 10.7. The van der Waals surface area contributed by atoms with Crippen LogP contribution >= 0.6 is 11.3 Å². The van der Waals surface area contributed by atoms with E-state index in [1.165, 1.54) is 11.3 Å². The van der Waals surface area contributed by atoms with E-state index < -0.39 is 23.9 Å². The second kappa shape index (κ2) is 9.64. The van der Waals surface area contributed by atoms with Crippen molar-refractivity contribution in [1.29, 1.82) is 0 Å². The zero-order chi connectivity index (χ0) is 23.4. The Morgan fingerprint density at radius 3 is 2.69 bits per heavy atom. The van der Waals surface area contributed by atoms with Crippen molar-refractivity contribution in [3.05, 3.63) is 44.5 Å². The summed E-state index contributed by atoms with van der Waals surface area (Å²) in [5.41, 5.74) is 6.16. The summed E-state index contributed by atoms with van der Waals surface area (Å²) in [4.78, 5) is 54.7. The van der Waals surface area contributed by atoms with Crippen molar-refractivity contribution in [2.24, 2.45) is 0 Å². The number of carboxylic acids is 2. The Morgan fingerprint density at radius 2 is 2.03 bits per heavy atom. The summed E-state index contributed by atoms with van der Waals surface area (Å²) in [6.45, 7) is 2.47. The summed E-state index contributed by atoms with van der Waals surface area (Å²) < 4.78 is 1.79. The molecular weight excluding hydrogens is 438 g/mol. The third-order valence-corrected chi connectivity index (χ3v) is 6.30. The summed E-state index contributed by atoms with van der Waals surface area (Å²) in [5.74, 6) is -2.96. The Labute approximate surface area is 185 Å². The third-order valence-electron chi connectivity index (χ3n) is 5.05. The van der Waals surface area contributed by atoms with E-state index in [2.05, 4.69) is 15.3 Å². The molecule has 1 amide bonds. The Kier molecular flexibility index (Phi) is 6.93. The summed E-state index contributed by atoms with van der Waals surface area (Å²) in [6, 6.07) is 3.83. The fraction of sp³-hybridized carbons (Fsp3) is 0.350. The van der Waals surface area contributed by atoms with Gasteiger partial charge in [0.25, 0.3) is 11.5 Å². The van der Waals surface area contributed by atoms with E-state index in [0.29, 0.717) is 22.5 Å². The van der Waals surface area contributed by atoms with Crippen LogP contribution in [-0.2, 0) is 16.1 Å². The standard InChI is InChI=1S/C20H23N5O6S/c1-2-10(9-25-8-7-11-16(25)18(29)24-20(21)23-11)13-4-5-14(32-13)17(28)22-12(19(30)31)3-6-15(26)27/h4-5,7-8,10,12H,2-3,6,9H2,1H3,(H,22,28)(H,26,27)(H,30,31)(H3,21,23,24,29)/t10?,12-/m0/s1. The molecule has 11 nitrogen and oxygen atoms in total. The van der Waals surface area contributed by atoms with Crippen LogP contribution in [0, 0.1) is 0 Å². The minimum atomic E-state index is -1.29. The van der Waals surface area contributed by atoms with Crippen molar-refractivity contribution in [2.45, 2.75) is 44.7 Å². The number of anilines is 1. The van der Waals surface area contributed by atoms with Crippen LogP contribution in [0.3, 0.4) is 0 Å². The molecule has 0 saturated carbocycles. The molecule has 0 aliphatic heterocycles. The lowest BCUT2D eigenvalue weighted by Crippen LogP contribution is -2.40. The average Bonchev–Trinajstić information content (AvgIpc) is 3.36. The van der Waals surface area contributed by atoms with Gasteiger partial charge in [-0.25, -0.2) is 9.78 Å². The van der Waals surface area contributed by atoms with Crippen molar-refractivity contribution in [1.82, 2.24) is 19.9 Å². The minimum Gasteiger partial charge on any atom is -0.481 e. The summed E-state index contributed by atoms with van der Waals surface area (Å²) in [7, 11) is 0. The maximum Gasteiger partial charge on any atom is 0.326 e. The number of hydrogen-bond donors (Lipinski definition) is 5. The number of H-pyrrole nitrogens is 1. The number of aliphatic carboxylic acids is 2. The van der Waals surface area contributed by atoms with Crippen LogP contribution in [0.4, 0.5) is 5.95 Å². The zero-order valence-corrected chi connectivity index (χ0v) is 18.0. The van der Waals surface area contributed by atoms with Gasteiger partial charge in [-0.1, -0.05) is 6.92 Å². The van der Waals surface area contributed by atoms with Gasteiger partial charge in [-0.2, -0.15) is 0 Å². The number of fused-ring (bicyclic) bond motifs is 1. The van der Waals surface area contributed by atoms with Crippen molar-refractivity contribution in [3.63, 3.8) is 0 Å². The number of carbonyl (C=O) groups excluding carboxylic acids is 1. The molecule has 0 aliphatic carbocycles. The fourth-order valence-corrected chi connectivity index (χ4v) is 4.48.